The number of ether oxygens (including phenoxy) is 1. The number of nitrogens with one attached hydrogen (secondary N) is 2. The average molecular weight is 583 g/mol. The fourth-order valence-corrected chi connectivity index (χ4v) is 5.64. The first-order valence-corrected chi connectivity index (χ1v) is 14.4. The predicted octanol–water partition coefficient (Wildman–Crippen LogP) is 4.58. The molecular weight excluding hydrogens is 554 g/mol. The van der Waals surface area contributed by atoms with Crippen LogP contribution in [0.15, 0.2) is 72.0 Å². The molecule has 2 heterocycles. The van der Waals surface area contributed by atoms with E-state index >= 15 is 0 Å². The highest BCUT2D eigenvalue weighted by molar-refractivity contribution is 7.92. The molecule has 0 amide bonds. The molecule has 13 heteroatoms. The SMILES string of the molecule is NC1CCC(Nc2nccc(-c3cnccc3Oc3ccc(NS(=O)(=O)c4ccc(CO)cc4F)c(F)c3)n2)CC1. The summed E-state index contributed by atoms with van der Waals surface area (Å²) >= 11 is 0. The average Bonchev–Trinajstić information content (AvgIpc) is 2.96. The summed E-state index contributed by atoms with van der Waals surface area (Å²) in [5.74, 6) is -1.12. The largest absolute Gasteiger partial charge is 0.456 e. The van der Waals surface area contributed by atoms with Crippen molar-refractivity contribution in [1.29, 1.82) is 0 Å². The minimum Gasteiger partial charge on any atom is -0.456 e. The fourth-order valence-electron chi connectivity index (χ4n) is 4.52. The highest BCUT2D eigenvalue weighted by atomic mass is 32.2. The van der Waals surface area contributed by atoms with Crippen molar-refractivity contribution in [2.24, 2.45) is 5.73 Å². The summed E-state index contributed by atoms with van der Waals surface area (Å²) in [5, 5.41) is 12.5. The number of sulfonamides is 1. The second-order valence-electron chi connectivity index (χ2n) is 9.67. The number of benzene rings is 2. The van der Waals surface area contributed by atoms with Crippen molar-refractivity contribution in [1.82, 2.24) is 15.0 Å². The Balaban J connectivity index is 1.33. The van der Waals surface area contributed by atoms with Crippen LogP contribution < -0.4 is 20.5 Å². The van der Waals surface area contributed by atoms with Crippen molar-refractivity contribution in [3.8, 4) is 22.8 Å². The molecule has 2 aromatic heterocycles. The highest BCUT2D eigenvalue weighted by Gasteiger charge is 2.22. The van der Waals surface area contributed by atoms with Crippen LogP contribution in [0.3, 0.4) is 0 Å². The molecule has 1 aliphatic rings. The zero-order chi connectivity index (χ0) is 29.0. The lowest BCUT2D eigenvalue weighted by Gasteiger charge is -2.26. The first kappa shape index (κ1) is 28.3. The molecule has 1 saturated carbocycles. The summed E-state index contributed by atoms with van der Waals surface area (Å²) in [6.07, 6.45) is 8.43. The van der Waals surface area contributed by atoms with E-state index in [4.69, 9.17) is 15.6 Å². The monoisotopic (exact) mass is 582 g/mol. The van der Waals surface area contributed by atoms with Gasteiger partial charge >= 0.3 is 0 Å². The van der Waals surface area contributed by atoms with Gasteiger partial charge in [0, 0.05) is 36.7 Å². The number of aromatic nitrogens is 3. The number of rotatable bonds is 9. The zero-order valence-electron chi connectivity index (χ0n) is 21.8. The second-order valence-corrected chi connectivity index (χ2v) is 11.3. The summed E-state index contributed by atoms with van der Waals surface area (Å²) < 4.78 is 62.6. The molecule has 0 saturated heterocycles. The van der Waals surface area contributed by atoms with Gasteiger partial charge < -0.3 is 20.9 Å². The number of hydrogen-bond acceptors (Lipinski definition) is 9. The van der Waals surface area contributed by atoms with E-state index in [1.54, 1.807) is 24.5 Å². The third-order valence-corrected chi connectivity index (χ3v) is 8.10. The van der Waals surface area contributed by atoms with E-state index in [1.165, 1.54) is 24.4 Å². The molecule has 5 N–H and O–H groups in total. The molecule has 0 radical (unpaired) electrons. The van der Waals surface area contributed by atoms with Gasteiger partial charge in [0.05, 0.1) is 23.6 Å². The molecule has 0 aliphatic heterocycles. The molecule has 0 bridgehead atoms. The van der Waals surface area contributed by atoms with E-state index in [-0.39, 0.29) is 23.4 Å². The van der Waals surface area contributed by atoms with E-state index in [0.29, 0.717) is 23.0 Å². The van der Waals surface area contributed by atoms with Crippen molar-refractivity contribution >= 4 is 21.7 Å². The van der Waals surface area contributed by atoms with Crippen LogP contribution in [0.25, 0.3) is 11.3 Å². The Kier molecular flexibility index (Phi) is 8.38. The first-order chi connectivity index (χ1) is 19.7. The van der Waals surface area contributed by atoms with E-state index in [9.17, 15) is 17.2 Å². The molecule has 41 heavy (non-hydrogen) atoms. The molecule has 2 aromatic carbocycles. The lowest BCUT2D eigenvalue weighted by Crippen LogP contribution is -2.33. The van der Waals surface area contributed by atoms with Crippen LogP contribution in [0.2, 0.25) is 0 Å². The summed E-state index contributed by atoms with van der Waals surface area (Å²) in [6.45, 7) is -0.453. The molecule has 4 aromatic rings. The fraction of sp³-hybridized carbons (Fsp3) is 0.250. The summed E-state index contributed by atoms with van der Waals surface area (Å²) in [5.41, 5.74) is 6.88. The Bertz CT molecular complexity index is 1650. The van der Waals surface area contributed by atoms with Crippen LogP contribution in [0.1, 0.15) is 31.2 Å². The number of anilines is 2. The van der Waals surface area contributed by atoms with Crippen molar-refractivity contribution in [2.75, 3.05) is 10.0 Å². The standard InChI is InChI=1S/C28H28F2N6O4S/c29-22-14-20(6-7-25(22)36-41(38,39)27-8-1-17(16-37)13-23(27)30)40-26-10-11-32-15-21(26)24-9-12-33-28(35-24)34-19-4-2-18(31)3-5-19/h1,6-15,18-19,36-37H,2-5,16,31H2,(H,33,34,35). The van der Waals surface area contributed by atoms with Gasteiger partial charge in [0.2, 0.25) is 5.95 Å². The summed E-state index contributed by atoms with van der Waals surface area (Å²) in [7, 11) is -4.45. The van der Waals surface area contributed by atoms with Gasteiger partial charge in [-0.3, -0.25) is 9.71 Å². The van der Waals surface area contributed by atoms with Crippen molar-refractivity contribution in [2.45, 2.75) is 49.3 Å². The van der Waals surface area contributed by atoms with Gasteiger partial charge in [-0.25, -0.2) is 27.2 Å². The van der Waals surface area contributed by atoms with E-state index in [1.807, 2.05) is 4.72 Å². The summed E-state index contributed by atoms with van der Waals surface area (Å²) in [6, 6.07) is 10.5. The number of nitrogens with two attached hydrogens (primary N) is 1. The number of aliphatic hydroxyl groups excluding tert-OH is 1. The van der Waals surface area contributed by atoms with Gasteiger partial charge in [0.15, 0.2) is 5.82 Å². The van der Waals surface area contributed by atoms with Gasteiger partial charge in [-0.2, -0.15) is 0 Å². The lowest BCUT2D eigenvalue weighted by molar-refractivity contribution is 0.281. The minimum atomic E-state index is -4.45. The van der Waals surface area contributed by atoms with Crippen LogP contribution >= 0.6 is 0 Å². The molecule has 214 valence electrons. The lowest BCUT2D eigenvalue weighted by atomic mass is 9.92. The third-order valence-electron chi connectivity index (χ3n) is 6.70. The zero-order valence-corrected chi connectivity index (χ0v) is 22.6. The Labute approximate surface area is 235 Å². The Morgan fingerprint density at radius 2 is 1.80 bits per heavy atom. The quantitative estimate of drug-likeness (QED) is 0.222. The maximum Gasteiger partial charge on any atom is 0.264 e. The molecule has 0 unspecified atom stereocenters. The minimum absolute atomic E-state index is 0.0855. The molecule has 10 nitrogen and oxygen atoms in total. The van der Waals surface area contributed by atoms with Gasteiger partial charge in [0.1, 0.15) is 22.2 Å². The van der Waals surface area contributed by atoms with Crippen molar-refractivity contribution in [3.05, 3.63) is 84.3 Å². The Morgan fingerprint density at radius 3 is 2.54 bits per heavy atom. The Morgan fingerprint density at radius 1 is 1.00 bits per heavy atom. The van der Waals surface area contributed by atoms with Crippen LogP contribution in [-0.2, 0) is 16.6 Å². The number of halogens is 2. The van der Waals surface area contributed by atoms with Crippen LogP contribution in [0.4, 0.5) is 20.4 Å². The van der Waals surface area contributed by atoms with Gasteiger partial charge in [0.25, 0.3) is 10.0 Å². The molecular formula is C28H28F2N6O4S. The second kappa shape index (κ2) is 12.1. The highest BCUT2D eigenvalue weighted by Crippen LogP contribution is 2.34. The number of aliphatic hydroxyl groups is 1. The molecule has 5 rings (SSSR count). The first-order valence-electron chi connectivity index (χ1n) is 12.9. The smallest absolute Gasteiger partial charge is 0.264 e. The predicted molar refractivity (Wildman–Crippen MR) is 149 cm³/mol. The number of hydrogen-bond donors (Lipinski definition) is 4. The third kappa shape index (κ3) is 6.76. The van der Waals surface area contributed by atoms with E-state index in [2.05, 4.69) is 20.3 Å². The van der Waals surface area contributed by atoms with E-state index in [0.717, 1.165) is 43.9 Å². The Hall–Kier alpha value is -4.20. The number of nitrogens with zero attached hydrogens (tertiary/aromatic N) is 3. The number of pyridine rings is 1. The maximum absolute atomic E-state index is 15.0. The van der Waals surface area contributed by atoms with Crippen LogP contribution in [-0.4, -0.2) is 40.6 Å². The van der Waals surface area contributed by atoms with Crippen LogP contribution in [0, 0.1) is 11.6 Å². The van der Waals surface area contributed by atoms with Crippen molar-refractivity contribution in [3.63, 3.8) is 0 Å². The summed E-state index contributed by atoms with van der Waals surface area (Å²) in [4.78, 5) is 12.4. The molecule has 1 aliphatic carbocycles. The van der Waals surface area contributed by atoms with Gasteiger partial charge in [-0.15, -0.1) is 0 Å². The molecule has 0 spiro atoms. The van der Waals surface area contributed by atoms with Crippen LogP contribution in [0.5, 0.6) is 11.5 Å². The molecule has 1 fully saturated rings. The van der Waals surface area contributed by atoms with Gasteiger partial charge in [-0.1, -0.05) is 6.07 Å². The van der Waals surface area contributed by atoms with E-state index < -0.39 is 38.8 Å². The van der Waals surface area contributed by atoms with Gasteiger partial charge in [-0.05, 0) is 67.6 Å². The normalized spacial score (nSPS) is 17.2. The molecule has 0 atom stereocenters. The van der Waals surface area contributed by atoms with Crippen molar-refractivity contribution < 1.29 is 27.0 Å². The maximum atomic E-state index is 15.0. The topological polar surface area (TPSA) is 152 Å².